The maximum Gasteiger partial charge on any atom is 0.304 e. The minimum absolute atomic E-state index is 0.0338. The van der Waals surface area contributed by atoms with Crippen molar-refractivity contribution in [3.63, 3.8) is 0 Å². The highest BCUT2D eigenvalue weighted by Gasteiger charge is 2.22. The van der Waals surface area contributed by atoms with Gasteiger partial charge in [0.2, 0.25) is 0 Å². The summed E-state index contributed by atoms with van der Waals surface area (Å²) in [4.78, 5) is 22.5. The van der Waals surface area contributed by atoms with Gasteiger partial charge >= 0.3 is 5.69 Å². The molecule has 7 heteroatoms. The van der Waals surface area contributed by atoms with E-state index in [-0.39, 0.29) is 23.5 Å². The summed E-state index contributed by atoms with van der Waals surface area (Å²) < 4.78 is 0.854. The highest BCUT2D eigenvalue weighted by atomic mass is 79.9. The van der Waals surface area contributed by atoms with Crippen LogP contribution < -0.4 is 11.1 Å². The van der Waals surface area contributed by atoms with E-state index in [9.17, 15) is 14.9 Å². The van der Waals surface area contributed by atoms with E-state index in [2.05, 4.69) is 21.2 Å². The predicted octanol–water partition coefficient (Wildman–Crippen LogP) is 2.87. The van der Waals surface area contributed by atoms with Crippen molar-refractivity contribution in [2.24, 2.45) is 0 Å². The highest BCUT2D eigenvalue weighted by molar-refractivity contribution is 9.10. The number of anilines is 1. The quantitative estimate of drug-likeness (QED) is 0.503. The number of rotatable bonds is 4. The van der Waals surface area contributed by atoms with E-state index in [1.165, 1.54) is 18.2 Å². The molecular weight excluding hydrogens is 338 g/mol. The van der Waals surface area contributed by atoms with E-state index in [1.807, 2.05) is 24.3 Å². The van der Waals surface area contributed by atoms with Gasteiger partial charge in [0.1, 0.15) is 11.3 Å². The Labute approximate surface area is 129 Å². The average molecular weight is 350 g/mol. The van der Waals surface area contributed by atoms with Gasteiger partial charge in [-0.2, -0.15) is 0 Å². The van der Waals surface area contributed by atoms with Crippen LogP contribution in [-0.2, 0) is 6.54 Å². The van der Waals surface area contributed by atoms with Gasteiger partial charge < -0.3 is 11.1 Å². The van der Waals surface area contributed by atoms with Gasteiger partial charge in [-0.25, -0.2) is 0 Å². The highest BCUT2D eigenvalue weighted by Crippen LogP contribution is 2.26. The Balaban J connectivity index is 2.20. The van der Waals surface area contributed by atoms with Crippen LogP contribution in [0.15, 0.2) is 46.9 Å². The Bertz CT molecular complexity index is 704. The maximum atomic E-state index is 12.1. The lowest BCUT2D eigenvalue weighted by Gasteiger charge is -2.08. The molecule has 0 aliphatic rings. The molecule has 0 aromatic heterocycles. The second-order valence-electron chi connectivity index (χ2n) is 4.27. The third-order valence-electron chi connectivity index (χ3n) is 2.89. The fourth-order valence-electron chi connectivity index (χ4n) is 1.86. The van der Waals surface area contributed by atoms with E-state index in [0.29, 0.717) is 0 Å². The standard InChI is InChI=1S/C14H12BrN3O3/c15-11-6-2-1-4-9(11)8-17-14(19)10-5-3-7-12(16)13(10)18(20)21/h1-7H,8,16H2,(H,17,19). The zero-order valence-electron chi connectivity index (χ0n) is 10.9. The number of nitro groups is 1. The van der Waals surface area contributed by atoms with Gasteiger partial charge in [0.15, 0.2) is 0 Å². The fourth-order valence-corrected chi connectivity index (χ4v) is 2.29. The Hall–Kier alpha value is -2.41. The van der Waals surface area contributed by atoms with E-state index >= 15 is 0 Å². The summed E-state index contributed by atoms with van der Waals surface area (Å²) in [6.07, 6.45) is 0. The Kier molecular flexibility index (Phi) is 4.54. The maximum absolute atomic E-state index is 12.1. The fraction of sp³-hybridized carbons (Fsp3) is 0.0714. The van der Waals surface area contributed by atoms with Crippen LogP contribution in [0.4, 0.5) is 11.4 Å². The molecule has 6 nitrogen and oxygen atoms in total. The summed E-state index contributed by atoms with van der Waals surface area (Å²) in [5.74, 6) is -0.537. The van der Waals surface area contributed by atoms with Crippen LogP contribution in [0.2, 0.25) is 0 Å². The molecule has 1 amide bonds. The average Bonchev–Trinajstić information content (AvgIpc) is 2.45. The molecule has 0 spiro atoms. The lowest BCUT2D eigenvalue weighted by molar-refractivity contribution is -0.384. The molecule has 0 heterocycles. The van der Waals surface area contributed by atoms with Crippen LogP contribution >= 0.6 is 15.9 Å². The number of halogens is 1. The van der Waals surface area contributed by atoms with E-state index in [4.69, 9.17) is 5.73 Å². The van der Waals surface area contributed by atoms with Crippen LogP contribution in [0.5, 0.6) is 0 Å². The van der Waals surface area contributed by atoms with Crippen molar-refractivity contribution < 1.29 is 9.72 Å². The third kappa shape index (κ3) is 3.38. The number of carbonyl (C=O) groups excluding carboxylic acids is 1. The largest absolute Gasteiger partial charge is 0.393 e. The summed E-state index contributed by atoms with van der Waals surface area (Å²) in [6.45, 7) is 0.256. The van der Waals surface area contributed by atoms with Gasteiger partial charge in [0.25, 0.3) is 5.91 Å². The lowest BCUT2D eigenvalue weighted by Crippen LogP contribution is -2.24. The minimum atomic E-state index is -0.650. The summed E-state index contributed by atoms with van der Waals surface area (Å²) in [7, 11) is 0. The zero-order valence-corrected chi connectivity index (χ0v) is 12.5. The first-order valence-electron chi connectivity index (χ1n) is 6.05. The van der Waals surface area contributed by atoms with Gasteiger partial charge in [0, 0.05) is 11.0 Å². The molecule has 0 bridgehead atoms. The molecule has 108 valence electrons. The normalized spacial score (nSPS) is 10.1. The number of nitrogens with two attached hydrogens (primary N) is 1. The monoisotopic (exact) mass is 349 g/mol. The molecule has 0 atom stereocenters. The molecule has 2 aromatic rings. The number of nitrogens with one attached hydrogen (secondary N) is 1. The summed E-state index contributed by atoms with van der Waals surface area (Å²) in [5.41, 5.74) is 5.98. The third-order valence-corrected chi connectivity index (χ3v) is 3.67. The number of amides is 1. The van der Waals surface area contributed by atoms with Crippen molar-refractivity contribution in [2.75, 3.05) is 5.73 Å². The number of nitro benzene ring substituents is 1. The van der Waals surface area contributed by atoms with E-state index < -0.39 is 10.8 Å². The molecule has 21 heavy (non-hydrogen) atoms. The van der Waals surface area contributed by atoms with Gasteiger partial charge in [0.05, 0.1) is 4.92 Å². The lowest BCUT2D eigenvalue weighted by atomic mass is 10.1. The van der Waals surface area contributed by atoms with Gasteiger partial charge in [-0.3, -0.25) is 14.9 Å². The second-order valence-corrected chi connectivity index (χ2v) is 5.13. The zero-order chi connectivity index (χ0) is 15.4. The number of nitrogens with zero attached hydrogens (tertiary/aromatic N) is 1. The van der Waals surface area contributed by atoms with Crippen molar-refractivity contribution in [3.05, 3.63) is 68.2 Å². The topological polar surface area (TPSA) is 98.3 Å². The summed E-state index contributed by atoms with van der Waals surface area (Å²) >= 11 is 3.37. The SMILES string of the molecule is Nc1cccc(C(=O)NCc2ccccc2Br)c1[N+](=O)[O-]. The second kappa shape index (κ2) is 6.36. The number of hydrogen-bond acceptors (Lipinski definition) is 4. The molecule has 0 aliphatic heterocycles. The first-order chi connectivity index (χ1) is 10.0. The molecule has 0 radical (unpaired) electrons. The van der Waals surface area contributed by atoms with Crippen molar-refractivity contribution in [3.8, 4) is 0 Å². The van der Waals surface area contributed by atoms with Crippen LogP contribution in [0.1, 0.15) is 15.9 Å². The predicted molar refractivity (Wildman–Crippen MR) is 82.8 cm³/mol. The van der Waals surface area contributed by atoms with Crippen LogP contribution in [0.25, 0.3) is 0 Å². The van der Waals surface area contributed by atoms with Crippen molar-refractivity contribution in [1.82, 2.24) is 5.32 Å². The molecular formula is C14H12BrN3O3. The minimum Gasteiger partial charge on any atom is -0.393 e. The molecule has 2 aromatic carbocycles. The van der Waals surface area contributed by atoms with Crippen molar-refractivity contribution >= 4 is 33.2 Å². The number of benzene rings is 2. The van der Waals surface area contributed by atoms with Gasteiger partial charge in [-0.15, -0.1) is 0 Å². The molecule has 0 unspecified atom stereocenters. The first kappa shape index (κ1) is 15.0. The summed E-state index contributed by atoms with van der Waals surface area (Å²) in [6, 6.07) is 11.7. The van der Waals surface area contributed by atoms with Crippen molar-refractivity contribution in [2.45, 2.75) is 6.54 Å². The van der Waals surface area contributed by atoms with Crippen LogP contribution in [-0.4, -0.2) is 10.8 Å². The first-order valence-corrected chi connectivity index (χ1v) is 6.84. The number of carbonyl (C=O) groups is 1. The molecule has 2 rings (SSSR count). The van der Waals surface area contributed by atoms with Crippen molar-refractivity contribution in [1.29, 1.82) is 0 Å². The van der Waals surface area contributed by atoms with E-state index in [0.717, 1.165) is 10.0 Å². The number of hydrogen-bond donors (Lipinski definition) is 2. The molecule has 3 N–H and O–H groups in total. The molecule has 0 aliphatic carbocycles. The van der Waals surface area contributed by atoms with Gasteiger partial charge in [-0.05, 0) is 23.8 Å². The van der Waals surface area contributed by atoms with E-state index in [1.54, 1.807) is 0 Å². The Morgan fingerprint density at radius 2 is 1.95 bits per heavy atom. The Morgan fingerprint density at radius 3 is 2.62 bits per heavy atom. The van der Waals surface area contributed by atoms with Crippen LogP contribution in [0, 0.1) is 10.1 Å². The number of nitrogen functional groups attached to an aromatic ring is 1. The molecule has 0 fully saturated rings. The summed E-state index contributed by atoms with van der Waals surface area (Å²) in [5, 5.41) is 13.7. The smallest absolute Gasteiger partial charge is 0.304 e. The molecule has 0 saturated carbocycles. The Morgan fingerprint density at radius 1 is 1.24 bits per heavy atom. The van der Waals surface area contributed by atoms with Crippen LogP contribution in [0.3, 0.4) is 0 Å². The number of para-hydroxylation sites is 1. The molecule has 0 saturated heterocycles. The van der Waals surface area contributed by atoms with Gasteiger partial charge in [-0.1, -0.05) is 40.2 Å².